The Morgan fingerprint density at radius 2 is 1.88 bits per heavy atom. The van der Waals surface area contributed by atoms with E-state index in [0.29, 0.717) is 12.0 Å². The van der Waals surface area contributed by atoms with Crippen LogP contribution in [0.2, 0.25) is 0 Å². The first-order valence-corrected chi connectivity index (χ1v) is 5.61. The Hall–Kier alpha value is -0.960. The van der Waals surface area contributed by atoms with Gasteiger partial charge in [-0.05, 0) is 36.6 Å². The molecule has 16 heavy (non-hydrogen) atoms. The highest BCUT2D eigenvalue weighted by Gasteiger charge is 2.20. The van der Waals surface area contributed by atoms with E-state index in [1.807, 2.05) is 6.92 Å². The van der Waals surface area contributed by atoms with Crippen molar-refractivity contribution in [2.45, 2.75) is 45.6 Å². The molecule has 3 heteroatoms. The summed E-state index contributed by atoms with van der Waals surface area (Å²) in [6.45, 7) is 5.19. The van der Waals surface area contributed by atoms with Gasteiger partial charge in [0.05, 0.1) is 6.10 Å². The summed E-state index contributed by atoms with van der Waals surface area (Å²) >= 11 is 0. The van der Waals surface area contributed by atoms with Crippen molar-refractivity contribution >= 4 is 0 Å². The van der Waals surface area contributed by atoms with Crippen LogP contribution in [0.3, 0.4) is 0 Å². The Labute approximate surface area is 95.1 Å². The van der Waals surface area contributed by atoms with Crippen LogP contribution in [0.15, 0.2) is 12.1 Å². The van der Waals surface area contributed by atoms with Gasteiger partial charge in [0.15, 0.2) is 0 Å². The molecule has 1 N–H and O–H groups in total. The van der Waals surface area contributed by atoms with Crippen LogP contribution in [-0.2, 0) is 0 Å². The molecule has 1 nitrogen and oxygen atoms in total. The molecular weight excluding hydrogens is 210 g/mol. The lowest BCUT2D eigenvalue weighted by molar-refractivity contribution is 0.137. The molecule has 0 saturated carbocycles. The van der Waals surface area contributed by atoms with Crippen LogP contribution in [-0.4, -0.2) is 11.2 Å². The third-order valence-electron chi connectivity index (χ3n) is 2.93. The Morgan fingerprint density at radius 1 is 1.25 bits per heavy atom. The minimum Gasteiger partial charge on any atom is -0.393 e. The van der Waals surface area contributed by atoms with Gasteiger partial charge in [0, 0.05) is 5.92 Å². The highest BCUT2D eigenvalue weighted by atomic mass is 19.1. The topological polar surface area (TPSA) is 20.2 Å². The second kappa shape index (κ2) is 5.39. The molecular formula is C13H18F2O. The van der Waals surface area contributed by atoms with Crippen molar-refractivity contribution in [2.24, 2.45) is 0 Å². The molecule has 0 radical (unpaired) electrons. The van der Waals surface area contributed by atoms with Crippen molar-refractivity contribution in [3.8, 4) is 0 Å². The smallest absolute Gasteiger partial charge is 0.127 e. The zero-order valence-electron chi connectivity index (χ0n) is 9.93. The molecule has 0 spiro atoms. The van der Waals surface area contributed by atoms with Crippen molar-refractivity contribution in [1.82, 2.24) is 0 Å². The number of aliphatic hydroxyl groups is 1. The summed E-state index contributed by atoms with van der Waals surface area (Å²) in [5, 5.41) is 9.77. The number of halogens is 2. The Balaban J connectivity index is 2.99. The van der Waals surface area contributed by atoms with Crippen molar-refractivity contribution < 1.29 is 13.9 Å². The number of aryl methyl sites for hydroxylation is 1. The van der Waals surface area contributed by atoms with E-state index in [2.05, 4.69) is 0 Å². The maximum atomic E-state index is 13.6. The van der Waals surface area contributed by atoms with Crippen LogP contribution in [0, 0.1) is 18.6 Å². The lowest BCUT2D eigenvalue weighted by Crippen LogP contribution is -2.17. The summed E-state index contributed by atoms with van der Waals surface area (Å²) in [5.41, 5.74) is 0.544. The molecule has 0 aliphatic rings. The summed E-state index contributed by atoms with van der Waals surface area (Å²) in [7, 11) is 0. The lowest BCUT2D eigenvalue weighted by Gasteiger charge is -2.19. The summed E-state index contributed by atoms with van der Waals surface area (Å²) < 4.78 is 26.9. The second-order valence-corrected chi connectivity index (χ2v) is 4.27. The molecule has 0 bridgehead atoms. The van der Waals surface area contributed by atoms with Crippen LogP contribution in [0.4, 0.5) is 8.78 Å². The fourth-order valence-corrected chi connectivity index (χ4v) is 1.76. The van der Waals surface area contributed by atoms with Gasteiger partial charge in [0.2, 0.25) is 0 Å². The largest absolute Gasteiger partial charge is 0.393 e. The zero-order chi connectivity index (χ0) is 12.3. The van der Waals surface area contributed by atoms with Gasteiger partial charge >= 0.3 is 0 Å². The number of benzene rings is 1. The van der Waals surface area contributed by atoms with Crippen LogP contribution < -0.4 is 0 Å². The van der Waals surface area contributed by atoms with Gasteiger partial charge in [-0.25, -0.2) is 8.78 Å². The average Bonchev–Trinajstić information content (AvgIpc) is 2.23. The van der Waals surface area contributed by atoms with Crippen LogP contribution >= 0.6 is 0 Å². The minimum absolute atomic E-state index is 0.254. The molecule has 0 heterocycles. The van der Waals surface area contributed by atoms with E-state index in [1.54, 1.807) is 6.92 Å². The van der Waals surface area contributed by atoms with Gasteiger partial charge in [-0.1, -0.05) is 20.3 Å². The van der Waals surface area contributed by atoms with E-state index in [4.69, 9.17) is 0 Å². The normalized spacial score (nSPS) is 14.9. The standard InChI is InChI=1S/C13H18F2O/c1-4-5-13(16)9(3)10-7-11(14)8(2)6-12(10)15/h6-7,9,13,16H,4-5H2,1-3H3. The van der Waals surface area contributed by atoms with E-state index >= 15 is 0 Å². The number of rotatable bonds is 4. The summed E-state index contributed by atoms with van der Waals surface area (Å²) in [6, 6.07) is 2.37. The monoisotopic (exact) mass is 228 g/mol. The van der Waals surface area contributed by atoms with E-state index in [1.165, 1.54) is 19.1 Å². The summed E-state index contributed by atoms with van der Waals surface area (Å²) in [4.78, 5) is 0. The fourth-order valence-electron chi connectivity index (χ4n) is 1.76. The molecule has 1 aromatic carbocycles. The van der Waals surface area contributed by atoms with Gasteiger partial charge < -0.3 is 5.11 Å². The Bertz CT molecular complexity index is 363. The van der Waals surface area contributed by atoms with Gasteiger partial charge in [-0.2, -0.15) is 0 Å². The van der Waals surface area contributed by atoms with Crippen molar-refractivity contribution in [3.05, 3.63) is 34.9 Å². The lowest BCUT2D eigenvalue weighted by atomic mass is 9.91. The predicted octanol–water partition coefficient (Wildman–Crippen LogP) is 3.54. The molecule has 2 atom stereocenters. The van der Waals surface area contributed by atoms with Crippen molar-refractivity contribution in [1.29, 1.82) is 0 Å². The minimum atomic E-state index is -0.624. The molecule has 2 unspecified atom stereocenters. The molecule has 0 fully saturated rings. The van der Waals surface area contributed by atoms with Gasteiger partial charge in [-0.15, -0.1) is 0 Å². The molecule has 90 valence electrons. The molecule has 0 saturated heterocycles. The molecule has 0 aliphatic carbocycles. The fraction of sp³-hybridized carbons (Fsp3) is 0.538. The molecule has 1 rings (SSSR count). The predicted molar refractivity (Wildman–Crippen MR) is 60.4 cm³/mol. The highest BCUT2D eigenvalue weighted by Crippen LogP contribution is 2.26. The van der Waals surface area contributed by atoms with Crippen LogP contribution in [0.25, 0.3) is 0 Å². The quantitative estimate of drug-likeness (QED) is 0.835. The molecule has 0 amide bonds. The van der Waals surface area contributed by atoms with Crippen molar-refractivity contribution in [3.63, 3.8) is 0 Å². The third kappa shape index (κ3) is 2.79. The van der Waals surface area contributed by atoms with Crippen molar-refractivity contribution in [2.75, 3.05) is 0 Å². The van der Waals surface area contributed by atoms with Crippen LogP contribution in [0.1, 0.15) is 43.7 Å². The Kier molecular flexibility index (Phi) is 4.42. The van der Waals surface area contributed by atoms with Gasteiger partial charge in [-0.3, -0.25) is 0 Å². The summed E-state index contributed by atoms with van der Waals surface area (Å²) in [6.07, 6.45) is 0.791. The number of aliphatic hydroxyl groups excluding tert-OH is 1. The highest BCUT2D eigenvalue weighted by molar-refractivity contribution is 5.28. The maximum Gasteiger partial charge on any atom is 0.127 e. The number of hydrogen-bond acceptors (Lipinski definition) is 1. The second-order valence-electron chi connectivity index (χ2n) is 4.27. The third-order valence-corrected chi connectivity index (χ3v) is 2.93. The van der Waals surface area contributed by atoms with Crippen LogP contribution in [0.5, 0.6) is 0 Å². The average molecular weight is 228 g/mol. The Morgan fingerprint density at radius 3 is 2.44 bits per heavy atom. The SMILES string of the molecule is CCCC(O)C(C)c1cc(F)c(C)cc1F. The summed E-state index contributed by atoms with van der Waals surface area (Å²) in [5.74, 6) is -1.25. The first-order valence-electron chi connectivity index (χ1n) is 5.61. The first kappa shape index (κ1) is 13.1. The molecule has 0 aromatic heterocycles. The van der Waals surface area contributed by atoms with E-state index in [-0.39, 0.29) is 11.5 Å². The number of hydrogen-bond donors (Lipinski definition) is 1. The molecule has 1 aromatic rings. The van der Waals surface area contributed by atoms with E-state index < -0.39 is 17.7 Å². The molecule has 0 aliphatic heterocycles. The maximum absolute atomic E-state index is 13.6. The van der Waals surface area contributed by atoms with E-state index in [9.17, 15) is 13.9 Å². The first-order chi connectivity index (χ1) is 7.47. The zero-order valence-corrected chi connectivity index (χ0v) is 9.93. The van der Waals surface area contributed by atoms with E-state index in [0.717, 1.165) is 6.42 Å². The van der Waals surface area contributed by atoms with Gasteiger partial charge in [0.25, 0.3) is 0 Å². The van der Waals surface area contributed by atoms with Gasteiger partial charge in [0.1, 0.15) is 11.6 Å².